The van der Waals surface area contributed by atoms with Crippen molar-refractivity contribution in [3.63, 3.8) is 0 Å². The SMILES string of the molecule is COc1cc2cc(C(=O)N3C[C@H]4C[C@@]45C3=CC(=O)c3ccccc35)[nH]c2cc1OC. The van der Waals surface area contributed by atoms with Gasteiger partial charge in [0.25, 0.3) is 5.91 Å². The molecule has 1 spiro atoms. The summed E-state index contributed by atoms with van der Waals surface area (Å²) in [5.41, 5.74) is 3.79. The van der Waals surface area contributed by atoms with Gasteiger partial charge in [0.2, 0.25) is 0 Å². The number of carbonyl (C=O) groups excluding carboxylic acids is 2. The van der Waals surface area contributed by atoms with Gasteiger partial charge >= 0.3 is 0 Å². The lowest BCUT2D eigenvalue weighted by Gasteiger charge is -2.29. The summed E-state index contributed by atoms with van der Waals surface area (Å²) in [5.74, 6) is 1.44. The molecule has 0 radical (unpaired) electrons. The summed E-state index contributed by atoms with van der Waals surface area (Å²) < 4.78 is 10.7. The molecule has 2 heterocycles. The Morgan fingerprint density at radius 1 is 1.13 bits per heavy atom. The Morgan fingerprint density at radius 3 is 2.70 bits per heavy atom. The van der Waals surface area contributed by atoms with E-state index in [0.29, 0.717) is 29.7 Å². The molecule has 2 atom stereocenters. The zero-order valence-electron chi connectivity index (χ0n) is 16.7. The van der Waals surface area contributed by atoms with Crippen molar-refractivity contribution in [1.82, 2.24) is 9.88 Å². The van der Waals surface area contributed by atoms with Crippen LogP contribution in [0.2, 0.25) is 0 Å². The van der Waals surface area contributed by atoms with Crippen molar-refractivity contribution in [1.29, 1.82) is 0 Å². The summed E-state index contributed by atoms with van der Waals surface area (Å²) >= 11 is 0. The highest BCUT2D eigenvalue weighted by Crippen LogP contribution is 2.66. The molecule has 1 aliphatic heterocycles. The summed E-state index contributed by atoms with van der Waals surface area (Å²) in [7, 11) is 3.17. The lowest BCUT2D eigenvalue weighted by atomic mass is 9.81. The number of allylic oxidation sites excluding steroid dienone is 2. The van der Waals surface area contributed by atoms with Crippen LogP contribution in [0.25, 0.3) is 10.9 Å². The number of ether oxygens (including phenoxy) is 2. The lowest BCUT2D eigenvalue weighted by Crippen LogP contribution is -2.33. The van der Waals surface area contributed by atoms with Crippen molar-refractivity contribution in [3.05, 3.63) is 71.1 Å². The molecule has 2 fully saturated rings. The largest absolute Gasteiger partial charge is 0.493 e. The van der Waals surface area contributed by atoms with Gasteiger partial charge in [0.15, 0.2) is 17.3 Å². The number of nitrogens with one attached hydrogen (secondary N) is 1. The van der Waals surface area contributed by atoms with Gasteiger partial charge in [0.1, 0.15) is 5.69 Å². The van der Waals surface area contributed by atoms with Crippen molar-refractivity contribution < 1.29 is 19.1 Å². The van der Waals surface area contributed by atoms with E-state index in [0.717, 1.165) is 34.1 Å². The summed E-state index contributed by atoms with van der Waals surface area (Å²) in [6, 6.07) is 13.3. The second-order valence-electron chi connectivity index (χ2n) is 8.21. The van der Waals surface area contributed by atoms with Gasteiger partial charge in [-0.3, -0.25) is 9.59 Å². The maximum Gasteiger partial charge on any atom is 0.274 e. The third-order valence-corrected chi connectivity index (χ3v) is 6.80. The molecule has 2 aromatic carbocycles. The van der Waals surface area contributed by atoms with E-state index < -0.39 is 0 Å². The topological polar surface area (TPSA) is 71.6 Å². The van der Waals surface area contributed by atoms with Crippen LogP contribution in [-0.2, 0) is 5.41 Å². The van der Waals surface area contributed by atoms with Gasteiger partial charge < -0.3 is 19.4 Å². The number of hydrogen-bond donors (Lipinski definition) is 1. The molecule has 0 bridgehead atoms. The number of benzene rings is 2. The summed E-state index contributed by atoms with van der Waals surface area (Å²) in [6.45, 7) is 0.633. The van der Waals surface area contributed by atoms with Crippen LogP contribution in [0.15, 0.2) is 54.2 Å². The third kappa shape index (κ3) is 2.08. The Kier molecular flexibility index (Phi) is 3.32. The molecule has 1 N–H and O–H groups in total. The monoisotopic (exact) mass is 400 g/mol. The Balaban J connectivity index is 1.40. The average molecular weight is 400 g/mol. The van der Waals surface area contributed by atoms with Gasteiger partial charge in [-0.25, -0.2) is 0 Å². The van der Waals surface area contributed by atoms with E-state index in [1.54, 1.807) is 25.2 Å². The molecule has 30 heavy (non-hydrogen) atoms. The minimum absolute atomic E-state index is 0.0253. The van der Waals surface area contributed by atoms with Crippen LogP contribution in [0.4, 0.5) is 0 Å². The first-order chi connectivity index (χ1) is 14.6. The number of methoxy groups -OCH3 is 2. The van der Waals surface area contributed by atoms with E-state index >= 15 is 0 Å². The molecular formula is C24H20N2O4. The second-order valence-corrected chi connectivity index (χ2v) is 8.21. The number of aromatic amines is 1. The van der Waals surface area contributed by atoms with Crippen LogP contribution in [0, 0.1) is 5.92 Å². The molecule has 3 aliphatic rings. The zero-order valence-corrected chi connectivity index (χ0v) is 16.7. The van der Waals surface area contributed by atoms with Gasteiger partial charge in [-0.05, 0) is 30.0 Å². The number of nitrogens with zero attached hydrogens (tertiary/aromatic N) is 1. The standard InChI is InChI=1S/C24H20N2O4/c1-29-20-8-13-7-18(25-17(13)9-21(20)30-2)23(28)26-12-14-11-24(14)16-6-4-3-5-15(16)19(27)10-22(24)26/h3-10,14,25H,11-12H2,1-2H3/t14-,24-/m1/s1. The molecule has 1 aromatic heterocycles. The second kappa shape index (κ2) is 5.75. The fourth-order valence-corrected chi connectivity index (χ4v) is 5.30. The lowest BCUT2D eigenvalue weighted by molar-refractivity contribution is 0.0806. The van der Waals surface area contributed by atoms with Crippen LogP contribution in [-0.4, -0.2) is 42.3 Å². The fraction of sp³-hybridized carbons (Fsp3) is 0.250. The first-order valence-electron chi connectivity index (χ1n) is 9.99. The van der Waals surface area contributed by atoms with E-state index in [-0.39, 0.29) is 17.1 Å². The summed E-state index contributed by atoms with van der Waals surface area (Å²) in [4.78, 5) is 31.2. The number of rotatable bonds is 3. The molecule has 6 nitrogen and oxygen atoms in total. The first kappa shape index (κ1) is 17.3. The molecule has 1 saturated carbocycles. The van der Waals surface area contributed by atoms with Gasteiger partial charge in [-0.2, -0.15) is 0 Å². The van der Waals surface area contributed by atoms with Crippen LogP contribution >= 0.6 is 0 Å². The van der Waals surface area contributed by atoms with Crippen molar-refractivity contribution in [2.75, 3.05) is 20.8 Å². The predicted molar refractivity (Wildman–Crippen MR) is 111 cm³/mol. The maximum atomic E-state index is 13.4. The summed E-state index contributed by atoms with van der Waals surface area (Å²) in [5, 5.41) is 0.870. The molecule has 6 rings (SSSR count). The van der Waals surface area contributed by atoms with Gasteiger partial charge in [-0.15, -0.1) is 0 Å². The van der Waals surface area contributed by atoms with E-state index in [1.807, 2.05) is 42.5 Å². The molecule has 6 heteroatoms. The van der Waals surface area contributed by atoms with Crippen molar-refractivity contribution in [3.8, 4) is 11.5 Å². The molecule has 3 aromatic rings. The Labute approximate surface area is 173 Å². The number of fused-ring (bicyclic) bond motifs is 2. The van der Waals surface area contributed by atoms with Crippen molar-refractivity contribution in [2.24, 2.45) is 5.92 Å². The number of amides is 1. The minimum Gasteiger partial charge on any atom is -0.493 e. The van der Waals surface area contributed by atoms with E-state index in [4.69, 9.17) is 9.47 Å². The molecule has 1 amide bonds. The van der Waals surface area contributed by atoms with E-state index in [9.17, 15) is 9.59 Å². The van der Waals surface area contributed by atoms with Crippen LogP contribution in [0.3, 0.4) is 0 Å². The fourth-order valence-electron chi connectivity index (χ4n) is 5.30. The number of H-pyrrole nitrogens is 1. The number of aromatic nitrogens is 1. The minimum atomic E-state index is -0.182. The molecule has 2 aliphatic carbocycles. The Morgan fingerprint density at radius 2 is 1.90 bits per heavy atom. The number of likely N-dealkylation sites (tertiary alicyclic amines) is 1. The van der Waals surface area contributed by atoms with Crippen LogP contribution in [0.5, 0.6) is 11.5 Å². The highest BCUT2D eigenvalue weighted by Gasteiger charge is 2.67. The number of ketones is 1. The maximum absolute atomic E-state index is 13.4. The number of piperidine rings is 1. The van der Waals surface area contributed by atoms with Crippen molar-refractivity contribution in [2.45, 2.75) is 11.8 Å². The third-order valence-electron chi connectivity index (χ3n) is 6.80. The van der Waals surface area contributed by atoms with Gasteiger partial charge in [-0.1, -0.05) is 24.3 Å². The highest BCUT2D eigenvalue weighted by atomic mass is 16.5. The normalized spacial score (nSPS) is 23.5. The van der Waals surface area contributed by atoms with Crippen molar-refractivity contribution >= 4 is 22.6 Å². The zero-order chi connectivity index (χ0) is 20.6. The first-order valence-corrected chi connectivity index (χ1v) is 9.99. The van der Waals surface area contributed by atoms with Crippen LogP contribution in [0.1, 0.15) is 32.8 Å². The van der Waals surface area contributed by atoms with Crippen LogP contribution < -0.4 is 9.47 Å². The number of hydrogen-bond acceptors (Lipinski definition) is 4. The highest BCUT2D eigenvalue weighted by molar-refractivity contribution is 6.10. The van der Waals surface area contributed by atoms with E-state index in [1.165, 1.54) is 0 Å². The average Bonchev–Trinajstić information content (AvgIpc) is 3.17. The molecule has 1 saturated heterocycles. The quantitative estimate of drug-likeness (QED) is 0.728. The van der Waals surface area contributed by atoms with E-state index in [2.05, 4.69) is 4.98 Å². The predicted octanol–water partition coefficient (Wildman–Crippen LogP) is 3.68. The van der Waals surface area contributed by atoms with Gasteiger partial charge in [0.05, 0.1) is 14.2 Å². The number of carbonyl (C=O) groups is 2. The Hall–Kier alpha value is -3.54. The smallest absolute Gasteiger partial charge is 0.274 e. The van der Waals surface area contributed by atoms with Gasteiger partial charge in [0, 0.05) is 46.3 Å². The summed E-state index contributed by atoms with van der Waals surface area (Å²) in [6.07, 6.45) is 2.66. The molecular weight excluding hydrogens is 380 g/mol. The molecule has 150 valence electrons. The Bertz CT molecular complexity index is 1250. The molecule has 0 unspecified atom stereocenters.